The third kappa shape index (κ3) is 5.06. The lowest BCUT2D eigenvalue weighted by Gasteiger charge is -2.24. The first-order valence-corrected chi connectivity index (χ1v) is 10.2. The number of carboxylic acids is 1. The van der Waals surface area contributed by atoms with E-state index in [9.17, 15) is 9.59 Å². The van der Waals surface area contributed by atoms with Crippen molar-refractivity contribution in [3.63, 3.8) is 0 Å². The maximum atomic E-state index is 12.1. The number of ether oxygens (including phenoxy) is 1. The molecular formula is C18H20N2O4S2. The minimum atomic E-state index is -1.02. The van der Waals surface area contributed by atoms with Crippen LogP contribution in [0.3, 0.4) is 0 Å². The number of amides is 1. The number of carboxylic acid groups (broad SMARTS) is 1. The zero-order valence-electron chi connectivity index (χ0n) is 14.2. The van der Waals surface area contributed by atoms with Gasteiger partial charge in [0.05, 0.1) is 19.3 Å². The predicted molar refractivity (Wildman–Crippen MR) is 101 cm³/mol. The molecule has 0 spiro atoms. The van der Waals surface area contributed by atoms with E-state index in [1.54, 1.807) is 0 Å². The van der Waals surface area contributed by atoms with Crippen molar-refractivity contribution in [3.05, 3.63) is 47.0 Å². The van der Waals surface area contributed by atoms with Gasteiger partial charge in [0.1, 0.15) is 0 Å². The van der Waals surface area contributed by atoms with Crippen molar-refractivity contribution in [2.24, 2.45) is 0 Å². The second-order valence-electron chi connectivity index (χ2n) is 5.93. The molecule has 1 atom stereocenters. The van der Waals surface area contributed by atoms with Crippen molar-refractivity contribution in [1.82, 2.24) is 9.88 Å². The summed E-state index contributed by atoms with van der Waals surface area (Å²) in [6.45, 7) is 1.70. The molecule has 1 amide bonds. The molecule has 2 aromatic rings. The Morgan fingerprint density at radius 2 is 2.19 bits per heavy atom. The number of rotatable bonds is 9. The second-order valence-corrected chi connectivity index (χ2v) is 8.13. The van der Waals surface area contributed by atoms with Crippen LogP contribution in [0.2, 0.25) is 0 Å². The third-order valence-electron chi connectivity index (χ3n) is 4.13. The molecule has 1 fully saturated rings. The average Bonchev–Trinajstić information content (AvgIpc) is 3.24. The normalized spacial score (nSPS) is 17.0. The predicted octanol–water partition coefficient (Wildman–Crippen LogP) is 3.14. The number of thioether (sulfide) groups is 1. The molecule has 0 bridgehead atoms. The SMILES string of the molecule is O=C(O)c1csc(SCCN2C(=O)CC[C@@H]2COCc2ccccc2)n1. The number of likely N-dealkylation sites (tertiary alicyclic amines) is 1. The second kappa shape index (κ2) is 9.16. The summed E-state index contributed by atoms with van der Waals surface area (Å²) in [5, 5.41) is 10.4. The Bertz CT molecular complexity index is 751. The van der Waals surface area contributed by atoms with Crippen molar-refractivity contribution in [2.45, 2.75) is 29.8 Å². The van der Waals surface area contributed by atoms with Crippen molar-refractivity contribution in [1.29, 1.82) is 0 Å². The maximum Gasteiger partial charge on any atom is 0.355 e. The van der Waals surface area contributed by atoms with Gasteiger partial charge in [0.15, 0.2) is 10.0 Å². The number of thiazole rings is 1. The van der Waals surface area contributed by atoms with E-state index in [2.05, 4.69) is 4.98 Å². The first-order chi connectivity index (χ1) is 12.6. The highest BCUT2D eigenvalue weighted by Gasteiger charge is 2.30. The lowest BCUT2D eigenvalue weighted by Crippen LogP contribution is -2.37. The van der Waals surface area contributed by atoms with Crippen LogP contribution in [-0.4, -0.2) is 51.8 Å². The maximum absolute atomic E-state index is 12.1. The Balaban J connectivity index is 1.44. The summed E-state index contributed by atoms with van der Waals surface area (Å²) in [6.07, 6.45) is 1.38. The summed E-state index contributed by atoms with van der Waals surface area (Å²) in [5.41, 5.74) is 1.19. The van der Waals surface area contributed by atoms with Crippen LogP contribution in [0, 0.1) is 0 Å². The van der Waals surface area contributed by atoms with Crippen LogP contribution in [0.5, 0.6) is 0 Å². The molecule has 8 heteroatoms. The van der Waals surface area contributed by atoms with Crippen molar-refractivity contribution in [3.8, 4) is 0 Å². The molecule has 6 nitrogen and oxygen atoms in total. The highest BCUT2D eigenvalue weighted by molar-refractivity contribution is 8.01. The largest absolute Gasteiger partial charge is 0.476 e. The molecule has 0 aliphatic carbocycles. The molecule has 1 saturated heterocycles. The van der Waals surface area contributed by atoms with Crippen LogP contribution < -0.4 is 0 Å². The molecule has 0 unspecified atom stereocenters. The van der Waals surface area contributed by atoms with E-state index < -0.39 is 5.97 Å². The average molecular weight is 393 g/mol. The van der Waals surface area contributed by atoms with E-state index in [0.717, 1.165) is 12.0 Å². The van der Waals surface area contributed by atoms with Crippen molar-refractivity contribution in [2.75, 3.05) is 18.9 Å². The molecule has 138 valence electrons. The van der Waals surface area contributed by atoms with Gasteiger partial charge in [-0.15, -0.1) is 11.3 Å². The summed E-state index contributed by atoms with van der Waals surface area (Å²) in [5.74, 6) is -0.171. The van der Waals surface area contributed by atoms with Gasteiger partial charge in [0.25, 0.3) is 0 Å². The van der Waals surface area contributed by atoms with Crippen LogP contribution in [0.4, 0.5) is 0 Å². The van der Waals surface area contributed by atoms with E-state index in [1.807, 2.05) is 35.2 Å². The zero-order valence-corrected chi connectivity index (χ0v) is 15.8. The summed E-state index contributed by atoms with van der Waals surface area (Å²) < 4.78 is 6.51. The van der Waals surface area contributed by atoms with Crippen molar-refractivity contribution < 1.29 is 19.4 Å². The van der Waals surface area contributed by atoms with E-state index in [-0.39, 0.29) is 17.6 Å². The Morgan fingerprint density at radius 3 is 2.92 bits per heavy atom. The standard InChI is InChI=1S/C18H20N2O4S2/c21-16-7-6-14(11-24-10-13-4-2-1-3-5-13)20(16)8-9-25-18-19-15(12-26-18)17(22)23/h1-5,12,14H,6-11H2,(H,22,23)/t14-/m1/s1. The van der Waals surface area contributed by atoms with Crippen LogP contribution in [0.1, 0.15) is 28.9 Å². The van der Waals surface area contributed by atoms with E-state index in [0.29, 0.717) is 36.3 Å². The van der Waals surface area contributed by atoms with Gasteiger partial charge in [0, 0.05) is 24.1 Å². The van der Waals surface area contributed by atoms with Gasteiger partial charge in [-0.1, -0.05) is 42.1 Å². The lowest BCUT2D eigenvalue weighted by molar-refractivity contribution is -0.129. The number of nitrogens with zero attached hydrogens (tertiary/aromatic N) is 2. The highest BCUT2D eigenvalue weighted by atomic mass is 32.2. The fraction of sp³-hybridized carbons (Fsp3) is 0.389. The van der Waals surface area contributed by atoms with Crippen molar-refractivity contribution >= 4 is 35.0 Å². The van der Waals surface area contributed by atoms with Gasteiger partial charge in [0.2, 0.25) is 5.91 Å². The van der Waals surface area contributed by atoms with Crippen LogP contribution in [0.15, 0.2) is 40.1 Å². The molecule has 2 heterocycles. The quantitative estimate of drug-likeness (QED) is 0.661. The summed E-state index contributed by atoms with van der Waals surface area (Å²) >= 11 is 2.80. The lowest BCUT2D eigenvalue weighted by atomic mass is 10.2. The summed E-state index contributed by atoms with van der Waals surface area (Å²) in [6, 6.07) is 10.1. The van der Waals surface area contributed by atoms with Gasteiger partial charge in [-0.05, 0) is 12.0 Å². The fourth-order valence-electron chi connectivity index (χ4n) is 2.81. The Hall–Kier alpha value is -1.90. The zero-order chi connectivity index (χ0) is 18.4. The summed E-state index contributed by atoms with van der Waals surface area (Å²) in [4.78, 5) is 28.9. The smallest absolute Gasteiger partial charge is 0.355 e. The fourth-order valence-corrected chi connectivity index (χ4v) is 4.62. The van der Waals surface area contributed by atoms with Gasteiger partial charge in [-0.3, -0.25) is 4.79 Å². The Kier molecular flexibility index (Phi) is 6.65. The van der Waals surface area contributed by atoms with E-state index >= 15 is 0 Å². The Labute approximate surface area is 160 Å². The van der Waals surface area contributed by atoms with Gasteiger partial charge >= 0.3 is 5.97 Å². The van der Waals surface area contributed by atoms with Crippen LogP contribution in [-0.2, 0) is 16.1 Å². The van der Waals surface area contributed by atoms with Gasteiger partial charge in [-0.2, -0.15) is 0 Å². The number of carbonyl (C=O) groups excluding carboxylic acids is 1. The number of aromatic nitrogens is 1. The van der Waals surface area contributed by atoms with Gasteiger partial charge in [-0.25, -0.2) is 9.78 Å². The number of benzene rings is 1. The molecule has 3 rings (SSSR count). The molecule has 1 N–H and O–H groups in total. The molecule has 0 radical (unpaired) electrons. The van der Waals surface area contributed by atoms with Crippen LogP contribution in [0.25, 0.3) is 0 Å². The first-order valence-electron chi connectivity index (χ1n) is 8.36. The monoisotopic (exact) mass is 392 g/mol. The number of hydrogen-bond acceptors (Lipinski definition) is 6. The summed E-state index contributed by atoms with van der Waals surface area (Å²) in [7, 11) is 0. The first kappa shape index (κ1) is 18.9. The van der Waals surface area contributed by atoms with Crippen LogP contribution >= 0.6 is 23.1 Å². The molecule has 1 aromatic heterocycles. The number of hydrogen-bond donors (Lipinski definition) is 1. The van der Waals surface area contributed by atoms with Gasteiger partial charge < -0.3 is 14.7 Å². The minimum Gasteiger partial charge on any atom is -0.476 e. The number of aromatic carboxylic acids is 1. The molecule has 26 heavy (non-hydrogen) atoms. The third-order valence-corrected chi connectivity index (χ3v) is 6.14. The minimum absolute atomic E-state index is 0.0712. The number of carbonyl (C=O) groups is 2. The molecule has 0 saturated carbocycles. The van der Waals surface area contributed by atoms with E-state index in [4.69, 9.17) is 9.84 Å². The molecule has 1 aliphatic heterocycles. The topological polar surface area (TPSA) is 79.7 Å². The highest BCUT2D eigenvalue weighted by Crippen LogP contribution is 2.25. The molecule has 1 aromatic carbocycles. The molecule has 1 aliphatic rings. The van der Waals surface area contributed by atoms with E-state index in [1.165, 1.54) is 28.5 Å². The Morgan fingerprint density at radius 1 is 1.38 bits per heavy atom. The molecular weight excluding hydrogens is 372 g/mol.